The first-order valence-electron chi connectivity index (χ1n) is 5.12. The first-order valence-corrected chi connectivity index (χ1v) is 5.12. The molecule has 0 saturated carbocycles. The zero-order valence-electron chi connectivity index (χ0n) is 8.28. The molecule has 0 aromatic carbocycles. The van der Waals surface area contributed by atoms with Crippen LogP contribution in [0.1, 0.15) is 17.5 Å². The lowest BCUT2D eigenvalue weighted by Gasteiger charge is -2.31. The van der Waals surface area contributed by atoms with Gasteiger partial charge in [-0.15, -0.1) is 0 Å². The van der Waals surface area contributed by atoms with Gasteiger partial charge in [-0.2, -0.15) is 5.10 Å². The Morgan fingerprint density at radius 3 is 3.00 bits per heavy atom. The Morgan fingerprint density at radius 2 is 2.20 bits per heavy atom. The normalized spacial score (nSPS) is 22.9. The molecule has 0 unspecified atom stereocenters. The largest absolute Gasteiger partial charge is 0.347 e. The molecule has 0 atom stereocenters. The van der Waals surface area contributed by atoms with Crippen LogP contribution in [0.4, 0.5) is 0 Å². The third kappa shape index (κ3) is 1.39. The Bertz CT molecular complexity index is 435. The molecule has 1 aliphatic carbocycles. The SMILES string of the molecule is O=c1[nH]ncc2c1CCC1(C2)OCCO1. The van der Waals surface area contributed by atoms with Crippen LogP contribution in [-0.2, 0) is 22.3 Å². The summed E-state index contributed by atoms with van der Waals surface area (Å²) in [6, 6.07) is 0. The number of rotatable bonds is 0. The number of aromatic nitrogens is 2. The van der Waals surface area contributed by atoms with E-state index < -0.39 is 5.79 Å². The Kier molecular flexibility index (Phi) is 1.90. The van der Waals surface area contributed by atoms with Crippen LogP contribution < -0.4 is 5.56 Å². The summed E-state index contributed by atoms with van der Waals surface area (Å²) < 4.78 is 11.2. The summed E-state index contributed by atoms with van der Waals surface area (Å²) in [6.45, 7) is 1.29. The minimum absolute atomic E-state index is 0.0830. The van der Waals surface area contributed by atoms with Crippen molar-refractivity contribution in [1.82, 2.24) is 10.2 Å². The lowest BCUT2D eigenvalue weighted by molar-refractivity contribution is -0.163. The number of hydrogen-bond donors (Lipinski definition) is 1. The molecule has 0 amide bonds. The van der Waals surface area contributed by atoms with E-state index in [2.05, 4.69) is 10.2 Å². The van der Waals surface area contributed by atoms with Gasteiger partial charge in [0.05, 0.1) is 19.4 Å². The maximum Gasteiger partial charge on any atom is 0.267 e. The van der Waals surface area contributed by atoms with Crippen molar-refractivity contribution in [3.05, 3.63) is 27.7 Å². The second-order valence-electron chi connectivity index (χ2n) is 3.99. The first kappa shape index (κ1) is 9.06. The lowest BCUT2D eigenvalue weighted by Crippen LogP contribution is -2.39. The molecule has 1 spiro atoms. The Hall–Kier alpha value is -1.20. The topological polar surface area (TPSA) is 64.2 Å². The monoisotopic (exact) mass is 208 g/mol. The highest BCUT2D eigenvalue weighted by molar-refractivity contribution is 5.25. The maximum absolute atomic E-state index is 11.5. The van der Waals surface area contributed by atoms with Crippen LogP contribution in [0.5, 0.6) is 0 Å². The summed E-state index contributed by atoms with van der Waals surface area (Å²) in [6.07, 6.45) is 3.79. The number of hydrogen-bond acceptors (Lipinski definition) is 4. The molecule has 1 aliphatic heterocycles. The molecule has 5 heteroatoms. The highest BCUT2D eigenvalue weighted by atomic mass is 16.7. The highest BCUT2D eigenvalue weighted by Crippen LogP contribution is 2.33. The molecular formula is C10H12N2O3. The van der Waals surface area contributed by atoms with Gasteiger partial charge in [-0.25, -0.2) is 5.10 Å². The fraction of sp³-hybridized carbons (Fsp3) is 0.600. The molecule has 80 valence electrons. The number of H-pyrrole nitrogens is 1. The summed E-state index contributed by atoms with van der Waals surface area (Å²) in [7, 11) is 0. The third-order valence-corrected chi connectivity index (χ3v) is 3.08. The number of nitrogens with zero attached hydrogens (tertiary/aromatic N) is 1. The summed E-state index contributed by atoms with van der Waals surface area (Å²) in [5.41, 5.74) is 1.70. The van der Waals surface area contributed by atoms with Crippen molar-refractivity contribution in [1.29, 1.82) is 0 Å². The van der Waals surface area contributed by atoms with E-state index in [1.54, 1.807) is 6.20 Å². The first-order chi connectivity index (χ1) is 7.29. The molecule has 1 fully saturated rings. The quantitative estimate of drug-likeness (QED) is 0.652. The average molecular weight is 208 g/mol. The van der Waals surface area contributed by atoms with Gasteiger partial charge in [-0.1, -0.05) is 0 Å². The van der Waals surface area contributed by atoms with E-state index in [0.29, 0.717) is 26.1 Å². The van der Waals surface area contributed by atoms with Crippen LogP contribution in [0.3, 0.4) is 0 Å². The van der Waals surface area contributed by atoms with E-state index in [-0.39, 0.29) is 5.56 Å². The Morgan fingerprint density at radius 1 is 1.40 bits per heavy atom. The fourth-order valence-corrected chi connectivity index (χ4v) is 2.32. The Balaban J connectivity index is 1.99. The van der Waals surface area contributed by atoms with E-state index in [1.807, 2.05) is 0 Å². The van der Waals surface area contributed by atoms with E-state index in [4.69, 9.17) is 9.47 Å². The van der Waals surface area contributed by atoms with Crippen molar-refractivity contribution >= 4 is 0 Å². The maximum atomic E-state index is 11.5. The van der Waals surface area contributed by atoms with Crippen LogP contribution in [0, 0.1) is 0 Å². The van der Waals surface area contributed by atoms with Crippen LogP contribution in [0.2, 0.25) is 0 Å². The smallest absolute Gasteiger partial charge is 0.267 e. The van der Waals surface area contributed by atoms with Crippen molar-refractivity contribution in [2.45, 2.75) is 25.0 Å². The predicted molar refractivity (Wildman–Crippen MR) is 51.5 cm³/mol. The molecule has 1 aromatic rings. The average Bonchev–Trinajstić information content (AvgIpc) is 2.66. The van der Waals surface area contributed by atoms with Crippen molar-refractivity contribution in [3.63, 3.8) is 0 Å². The highest BCUT2D eigenvalue weighted by Gasteiger charge is 2.40. The molecular weight excluding hydrogens is 196 g/mol. The summed E-state index contributed by atoms with van der Waals surface area (Å²) in [4.78, 5) is 11.5. The van der Waals surface area contributed by atoms with Gasteiger partial charge >= 0.3 is 0 Å². The minimum atomic E-state index is -0.484. The minimum Gasteiger partial charge on any atom is -0.347 e. The number of aromatic amines is 1. The van der Waals surface area contributed by atoms with E-state index >= 15 is 0 Å². The number of nitrogens with one attached hydrogen (secondary N) is 1. The summed E-state index contributed by atoms with van der Waals surface area (Å²) in [5.74, 6) is -0.484. The molecule has 1 aromatic heterocycles. The van der Waals surface area contributed by atoms with Crippen molar-refractivity contribution in [2.75, 3.05) is 13.2 Å². The van der Waals surface area contributed by atoms with E-state index in [0.717, 1.165) is 17.5 Å². The molecule has 2 heterocycles. The van der Waals surface area contributed by atoms with Crippen LogP contribution >= 0.6 is 0 Å². The van der Waals surface area contributed by atoms with Gasteiger partial charge in [0.15, 0.2) is 5.79 Å². The molecule has 0 bridgehead atoms. The number of fused-ring (bicyclic) bond motifs is 1. The third-order valence-electron chi connectivity index (χ3n) is 3.08. The van der Waals surface area contributed by atoms with Crippen LogP contribution in [-0.4, -0.2) is 29.2 Å². The van der Waals surface area contributed by atoms with E-state index in [1.165, 1.54) is 0 Å². The van der Waals surface area contributed by atoms with Gasteiger partial charge in [0.2, 0.25) is 0 Å². The van der Waals surface area contributed by atoms with Crippen molar-refractivity contribution in [2.24, 2.45) is 0 Å². The molecule has 1 N–H and O–H groups in total. The number of ether oxygens (including phenoxy) is 2. The van der Waals surface area contributed by atoms with Gasteiger partial charge in [0, 0.05) is 18.4 Å². The van der Waals surface area contributed by atoms with Crippen LogP contribution in [0.25, 0.3) is 0 Å². The van der Waals surface area contributed by atoms with Gasteiger partial charge < -0.3 is 9.47 Å². The lowest BCUT2D eigenvalue weighted by atomic mass is 9.89. The second kappa shape index (κ2) is 3.15. The molecule has 2 aliphatic rings. The van der Waals surface area contributed by atoms with Gasteiger partial charge in [-0.3, -0.25) is 4.79 Å². The molecule has 1 saturated heterocycles. The standard InChI is InChI=1S/C10H12N2O3/c13-9-8-1-2-10(14-3-4-15-10)5-7(8)6-11-12-9/h6H,1-5H2,(H,12,13). The van der Waals surface area contributed by atoms with Crippen LogP contribution in [0.15, 0.2) is 11.0 Å². The Labute approximate surface area is 86.4 Å². The summed E-state index contributed by atoms with van der Waals surface area (Å²) >= 11 is 0. The zero-order valence-corrected chi connectivity index (χ0v) is 8.28. The summed E-state index contributed by atoms with van der Waals surface area (Å²) in [5, 5.41) is 6.25. The van der Waals surface area contributed by atoms with Crippen molar-refractivity contribution < 1.29 is 9.47 Å². The van der Waals surface area contributed by atoms with E-state index in [9.17, 15) is 4.79 Å². The van der Waals surface area contributed by atoms with Gasteiger partial charge in [0.25, 0.3) is 5.56 Å². The molecule has 0 radical (unpaired) electrons. The molecule has 15 heavy (non-hydrogen) atoms. The fourth-order valence-electron chi connectivity index (χ4n) is 2.32. The van der Waals surface area contributed by atoms with Crippen molar-refractivity contribution in [3.8, 4) is 0 Å². The zero-order chi connectivity index (χ0) is 10.3. The van der Waals surface area contributed by atoms with Gasteiger partial charge in [0.1, 0.15) is 0 Å². The van der Waals surface area contributed by atoms with Gasteiger partial charge in [-0.05, 0) is 12.0 Å². The second-order valence-corrected chi connectivity index (χ2v) is 3.99. The molecule has 5 nitrogen and oxygen atoms in total. The molecule has 3 rings (SSSR count). The predicted octanol–water partition coefficient (Wildman–Crippen LogP) is 0.00170.